The Morgan fingerprint density at radius 2 is 1.95 bits per heavy atom. The fourth-order valence-electron chi connectivity index (χ4n) is 2.92. The molecule has 1 atom stereocenters. The van der Waals surface area contributed by atoms with E-state index in [0.717, 1.165) is 18.4 Å². The van der Waals surface area contributed by atoms with E-state index in [4.69, 9.17) is 11.6 Å². The van der Waals surface area contributed by atoms with E-state index >= 15 is 0 Å². The average molecular weight is 315 g/mol. The van der Waals surface area contributed by atoms with Crippen LogP contribution < -0.4 is 5.32 Å². The van der Waals surface area contributed by atoms with E-state index in [0.29, 0.717) is 11.6 Å². The molecule has 2 amide bonds. The van der Waals surface area contributed by atoms with Gasteiger partial charge in [0.05, 0.1) is 6.04 Å². The first kappa shape index (κ1) is 14.9. The molecule has 0 spiro atoms. The van der Waals surface area contributed by atoms with Crippen LogP contribution in [-0.2, 0) is 13.0 Å². The van der Waals surface area contributed by atoms with Crippen molar-refractivity contribution in [2.75, 3.05) is 7.05 Å². The first-order chi connectivity index (χ1) is 10.6. The minimum absolute atomic E-state index is 0.0679. The largest absolute Gasteiger partial charge is 0.331 e. The van der Waals surface area contributed by atoms with Gasteiger partial charge in [-0.2, -0.15) is 0 Å². The van der Waals surface area contributed by atoms with Gasteiger partial charge in [0.25, 0.3) is 0 Å². The van der Waals surface area contributed by atoms with Crippen LogP contribution >= 0.6 is 11.6 Å². The second-order valence-electron chi connectivity index (χ2n) is 5.69. The number of urea groups is 1. The summed E-state index contributed by atoms with van der Waals surface area (Å²) in [7, 11) is 1.79. The third kappa shape index (κ3) is 3.09. The summed E-state index contributed by atoms with van der Waals surface area (Å²) in [4.78, 5) is 14.1. The van der Waals surface area contributed by atoms with Gasteiger partial charge in [-0.1, -0.05) is 54.1 Å². The summed E-state index contributed by atoms with van der Waals surface area (Å²) in [5.74, 6) is 0. The Balaban J connectivity index is 1.64. The number of aryl methyl sites for hydroxylation is 1. The summed E-state index contributed by atoms with van der Waals surface area (Å²) in [6.45, 7) is 0.500. The van der Waals surface area contributed by atoms with Gasteiger partial charge in [-0.25, -0.2) is 4.79 Å². The highest BCUT2D eigenvalue weighted by atomic mass is 35.5. The number of nitrogens with zero attached hydrogens (tertiary/aromatic N) is 1. The smallest absolute Gasteiger partial charge is 0.317 e. The number of benzene rings is 2. The van der Waals surface area contributed by atoms with E-state index in [1.165, 1.54) is 11.1 Å². The molecule has 0 bridgehead atoms. The van der Waals surface area contributed by atoms with Crippen molar-refractivity contribution >= 4 is 17.6 Å². The second kappa shape index (κ2) is 6.41. The zero-order chi connectivity index (χ0) is 15.5. The highest BCUT2D eigenvalue weighted by Gasteiger charge is 2.24. The van der Waals surface area contributed by atoms with Gasteiger partial charge in [-0.15, -0.1) is 0 Å². The molecule has 1 aliphatic rings. The second-order valence-corrected chi connectivity index (χ2v) is 6.09. The third-order valence-electron chi connectivity index (χ3n) is 4.14. The fourth-order valence-corrected chi connectivity index (χ4v) is 3.12. The van der Waals surface area contributed by atoms with Gasteiger partial charge in [0.2, 0.25) is 0 Å². The molecular formula is C18H19ClN2O. The minimum atomic E-state index is -0.0679. The highest BCUT2D eigenvalue weighted by molar-refractivity contribution is 6.31. The molecule has 0 saturated heterocycles. The maximum absolute atomic E-state index is 12.4. The summed E-state index contributed by atoms with van der Waals surface area (Å²) in [6.07, 6.45) is 1.99. The van der Waals surface area contributed by atoms with Gasteiger partial charge in [0, 0.05) is 18.6 Å². The summed E-state index contributed by atoms with van der Waals surface area (Å²) in [6, 6.07) is 16.0. The lowest BCUT2D eigenvalue weighted by atomic mass is 10.1. The molecule has 0 fully saturated rings. The molecule has 1 unspecified atom stereocenters. The molecule has 0 radical (unpaired) electrons. The fraction of sp³-hybridized carbons (Fsp3) is 0.278. The standard InChI is InChI=1S/C18H19ClN2O/c1-21(12-14-7-3-5-9-16(14)19)18(22)20-17-11-10-13-6-2-4-8-15(13)17/h2-9,17H,10-12H2,1H3,(H,20,22). The van der Waals surface area contributed by atoms with Crippen LogP contribution in [0.25, 0.3) is 0 Å². The molecule has 114 valence electrons. The molecule has 0 saturated carbocycles. The van der Waals surface area contributed by atoms with Crippen LogP contribution in [0.5, 0.6) is 0 Å². The lowest BCUT2D eigenvalue weighted by Crippen LogP contribution is -2.38. The molecule has 3 nitrogen and oxygen atoms in total. The maximum Gasteiger partial charge on any atom is 0.317 e. The average Bonchev–Trinajstić information content (AvgIpc) is 2.93. The zero-order valence-electron chi connectivity index (χ0n) is 12.6. The van der Waals surface area contributed by atoms with E-state index in [2.05, 4.69) is 17.4 Å². The first-order valence-electron chi connectivity index (χ1n) is 7.48. The number of nitrogens with one attached hydrogen (secondary N) is 1. The predicted molar refractivity (Wildman–Crippen MR) is 89.0 cm³/mol. The monoisotopic (exact) mass is 314 g/mol. The van der Waals surface area contributed by atoms with Crippen LogP contribution in [0.1, 0.15) is 29.2 Å². The van der Waals surface area contributed by atoms with Gasteiger partial charge in [0.15, 0.2) is 0 Å². The normalized spacial score (nSPS) is 16.2. The van der Waals surface area contributed by atoms with Crippen molar-refractivity contribution < 1.29 is 4.79 Å². The lowest BCUT2D eigenvalue weighted by Gasteiger charge is -2.22. The van der Waals surface area contributed by atoms with Gasteiger partial charge in [0.1, 0.15) is 0 Å². The Kier molecular flexibility index (Phi) is 4.34. The van der Waals surface area contributed by atoms with Crippen molar-refractivity contribution in [2.24, 2.45) is 0 Å². The molecule has 1 aliphatic carbocycles. The van der Waals surface area contributed by atoms with Crippen molar-refractivity contribution in [3.8, 4) is 0 Å². The number of hydrogen-bond donors (Lipinski definition) is 1. The van der Waals surface area contributed by atoms with Crippen molar-refractivity contribution in [3.63, 3.8) is 0 Å². The summed E-state index contributed by atoms with van der Waals surface area (Å²) in [5, 5.41) is 3.81. The quantitative estimate of drug-likeness (QED) is 0.906. The summed E-state index contributed by atoms with van der Waals surface area (Å²) < 4.78 is 0. The van der Waals surface area contributed by atoms with E-state index in [-0.39, 0.29) is 12.1 Å². The van der Waals surface area contributed by atoms with Crippen LogP contribution in [0, 0.1) is 0 Å². The van der Waals surface area contributed by atoms with Crippen LogP contribution in [0.3, 0.4) is 0 Å². The molecular weight excluding hydrogens is 296 g/mol. The molecule has 0 aromatic heterocycles. The number of halogens is 1. The molecule has 0 aliphatic heterocycles. The molecule has 4 heteroatoms. The summed E-state index contributed by atoms with van der Waals surface area (Å²) >= 11 is 6.15. The van der Waals surface area contributed by atoms with E-state index in [9.17, 15) is 4.79 Å². The van der Waals surface area contributed by atoms with Crippen molar-refractivity contribution in [1.29, 1.82) is 0 Å². The Hall–Kier alpha value is -2.00. The molecule has 3 rings (SSSR count). The van der Waals surface area contributed by atoms with E-state index in [1.54, 1.807) is 11.9 Å². The predicted octanol–water partition coefficient (Wildman–Crippen LogP) is 4.17. The molecule has 2 aromatic carbocycles. The highest BCUT2D eigenvalue weighted by Crippen LogP contribution is 2.30. The van der Waals surface area contributed by atoms with Gasteiger partial charge < -0.3 is 10.2 Å². The number of carbonyl (C=O) groups excluding carboxylic acids is 1. The Bertz CT molecular complexity index is 686. The molecule has 1 N–H and O–H groups in total. The van der Waals surface area contributed by atoms with Crippen LogP contribution in [-0.4, -0.2) is 18.0 Å². The maximum atomic E-state index is 12.4. The van der Waals surface area contributed by atoms with Crippen LogP contribution in [0.4, 0.5) is 4.79 Å². The van der Waals surface area contributed by atoms with Gasteiger partial charge in [-0.05, 0) is 35.6 Å². The lowest BCUT2D eigenvalue weighted by molar-refractivity contribution is 0.202. The topological polar surface area (TPSA) is 32.3 Å². The van der Waals surface area contributed by atoms with Crippen molar-refractivity contribution in [1.82, 2.24) is 10.2 Å². The summed E-state index contributed by atoms with van der Waals surface area (Å²) in [5.41, 5.74) is 3.53. The minimum Gasteiger partial charge on any atom is -0.331 e. The number of rotatable bonds is 3. The van der Waals surface area contributed by atoms with Crippen molar-refractivity contribution in [2.45, 2.75) is 25.4 Å². The SMILES string of the molecule is CN(Cc1ccccc1Cl)C(=O)NC1CCc2ccccc21. The zero-order valence-corrected chi connectivity index (χ0v) is 13.3. The van der Waals surface area contributed by atoms with Gasteiger partial charge in [-0.3, -0.25) is 0 Å². The third-order valence-corrected chi connectivity index (χ3v) is 4.51. The molecule has 22 heavy (non-hydrogen) atoms. The molecule has 0 heterocycles. The van der Waals surface area contributed by atoms with Crippen molar-refractivity contribution in [3.05, 3.63) is 70.2 Å². The Morgan fingerprint density at radius 3 is 2.77 bits per heavy atom. The number of hydrogen-bond acceptors (Lipinski definition) is 1. The van der Waals surface area contributed by atoms with Crippen LogP contribution in [0.2, 0.25) is 5.02 Å². The number of amides is 2. The Labute approximate surface area is 135 Å². The van der Waals surface area contributed by atoms with Gasteiger partial charge >= 0.3 is 6.03 Å². The molecule has 2 aromatic rings. The Morgan fingerprint density at radius 1 is 1.23 bits per heavy atom. The first-order valence-corrected chi connectivity index (χ1v) is 7.86. The van der Waals surface area contributed by atoms with Crippen LogP contribution in [0.15, 0.2) is 48.5 Å². The van der Waals surface area contributed by atoms with E-state index < -0.39 is 0 Å². The van der Waals surface area contributed by atoms with E-state index in [1.807, 2.05) is 36.4 Å². The number of carbonyl (C=O) groups is 1. The number of fused-ring (bicyclic) bond motifs is 1.